The van der Waals surface area contributed by atoms with Crippen LogP contribution in [0.25, 0.3) is 6.08 Å². The van der Waals surface area contributed by atoms with Crippen LogP contribution in [0, 0.1) is 0 Å². The molecular weight excluding hydrogens is 488 g/mol. The number of allylic oxidation sites excluding steroid dienone is 1. The van der Waals surface area contributed by atoms with Gasteiger partial charge >= 0.3 is 5.97 Å². The van der Waals surface area contributed by atoms with Crippen LogP contribution in [0.2, 0.25) is 5.02 Å². The quantitative estimate of drug-likeness (QED) is 0.505. The minimum Gasteiger partial charge on any atom is -0.507 e. The van der Waals surface area contributed by atoms with Crippen molar-refractivity contribution in [1.29, 1.82) is 0 Å². The number of aromatic nitrogens is 1. The van der Waals surface area contributed by atoms with Crippen LogP contribution in [-0.4, -0.2) is 28.4 Å². The Balaban J connectivity index is 1.93. The molecule has 1 aliphatic rings. The SMILES string of the molecule is CCOc1ccc([C@@H]2C(C(=O)OC(C)C)=C(C)N=c3s/c(=C/c4cc(Cl)ccc4O)c(=O)n32)cc1. The van der Waals surface area contributed by atoms with Gasteiger partial charge in [0, 0.05) is 10.6 Å². The number of rotatable bonds is 6. The van der Waals surface area contributed by atoms with E-state index in [0.717, 1.165) is 5.56 Å². The number of aromatic hydroxyl groups is 1. The van der Waals surface area contributed by atoms with E-state index in [4.69, 9.17) is 21.1 Å². The predicted octanol–water partition coefficient (Wildman–Crippen LogP) is 3.94. The second-order valence-electron chi connectivity index (χ2n) is 8.24. The Morgan fingerprint density at radius 1 is 1.26 bits per heavy atom. The normalized spacial score (nSPS) is 15.7. The number of hydrogen-bond donors (Lipinski definition) is 1. The Kier molecular flexibility index (Phi) is 7.14. The van der Waals surface area contributed by atoms with Crippen molar-refractivity contribution in [3.05, 3.63) is 89.6 Å². The van der Waals surface area contributed by atoms with Gasteiger partial charge in [-0.05, 0) is 69.7 Å². The Morgan fingerprint density at radius 2 is 1.97 bits per heavy atom. The molecule has 1 N–H and O–H groups in total. The first-order valence-corrected chi connectivity index (χ1v) is 12.3. The molecule has 0 amide bonds. The topological polar surface area (TPSA) is 90.1 Å². The average Bonchev–Trinajstić information content (AvgIpc) is 3.10. The summed E-state index contributed by atoms with van der Waals surface area (Å²) in [5, 5.41) is 10.7. The molecule has 0 spiro atoms. The van der Waals surface area contributed by atoms with Crippen molar-refractivity contribution in [2.24, 2.45) is 4.99 Å². The molecule has 9 heteroatoms. The highest BCUT2D eigenvalue weighted by Crippen LogP contribution is 2.32. The summed E-state index contributed by atoms with van der Waals surface area (Å²) in [6.07, 6.45) is 1.24. The summed E-state index contributed by atoms with van der Waals surface area (Å²) in [5.41, 5.74) is 1.57. The highest BCUT2D eigenvalue weighted by molar-refractivity contribution is 7.07. The maximum atomic E-state index is 13.6. The van der Waals surface area contributed by atoms with Crippen molar-refractivity contribution >= 4 is 35.0 Å². The molecule has 0 saturated heterocycles. The van der Waals surface area contributed by atoms with Crippen molar-refractivity contribution in [2.75, 3.05) is 6.61 Å². The minimum absolute atomic E-state index is 0.000629. The van der Waals surface area contributed by atoms with E-state index >= 15 is 0 Å². The lowest BCUT2D eigenvalue weighted by atomic mass is 9.96. The van der Waals surface area contributed by atoms with Gasteiger partial charge in [-0.3, -0.25) is 9.36 Å². The number of nitrogens with zero attached hydrogens (tertiary/aromatic N) is 2. The van der Waals surface area contributed by atoms with Gasteiger partial charge in [0.05, 0.1) is 34.6 Å². The van der Waals surface area contributed by atoms with Crippen molar-refractivity contribution < 1.29 is 19.4 Å². The lowest BCUT2D eigenvalue weighted by Gasteiger charge is -2.25. The molecule has 0 fully saturated rings. The number of phenols is 1. The largest absolute Gasteiger partial charge is 0.507 e. The van der Waals surface area contributed by atoms with E-state index in [-0.39, 0.29) is 17.4 Å². The molecule has 1 aliphatic heterocycles. The fourth-order valence-electron chi connectivity index (χ4n) is 3.87. The molecule has 0 aliphatic carbocycles. The maximum absolute atomic E-state index is 13.6. The summed E-state index contributed by atoms with van der Waals surface area (Å²) < 4.78 is 12.9. The standard InChI is InChI=1S/C26H25ClN2O5S/c1-5-33-19-9-6-16(7-10-19)23-22(25(32)34-14(2)3)15(4)28-26-29(23)24(31)21(35-26)13-17-12-18(27)8-11-20(17)30/h6-14,23,30H,5H2,1-4H3/b21-13+/t23-/m1/s1. The zero-order valence-electron chi connectivity index (χ0n) is 19.7. The molecule has 2 aromatic carbocycles. The third-order valence-corrected chi connectivity index (χ3v) is 6.59. The fraction of sp³-hybridized carbons (Fsp3) is 0.269. The van der Waals surface area contributed by atoms with Crippen LogP contribution in [0.3, 0.4) is 0 Å². The molecule has 0 unspecified atom stereocenters. The highest BCUT2D eigenvalue weighted by Gasteiger charge is 2.33. The third kappa shape index (κ3) is 5.04. The molecule has 0 radical (unpaired) electrons. The summed E-state index contributed by atoms with van der Waals surface area (Å²) in [4.78, 5) is 31.8. The number of fused-ring (bicyclic) bond motifs is 1. The summed E-state index contributed by atoms with van der Waals surface area (Å²) >= 11 is 7.25. The third-order valence-electron chi connectivity index (χ3n) is 5.37. The maximum Gasteiger partial charge on any atom is 0.338 e. The van der Waals surface area contributed by atoms with Gasteiger partial charge < -0.3 is 14.6 Å². The Labute approximate surface area is 211 Å². The van der Waals surface area contributed by atoms with Crippen molar-refractivity contribution in [2.45, 2.75) is 39.8 Å². The molecular formula is C26H25ClN2O5S. The molecule has 2 heterocycles. The second kappa shape index (κ2) is 10.1. The number of benzene rings is 2. The smallest absolute Gasteiger partial charge is 0.338 e. The van der Waals surface area contributed by atoms with Gasteiger partial charge in [-0.25, -0.2) is 9.79 Å². The van der Waals surface area contributed by atoms with E-state index in [2.05, 4.69) is 4.99 Å². The number of thiazole rings is 1. The molecule has 1 atom stereocenters. The lowest BCUT2D eigenvalue weighted by molar-refractivity contribution is -0.143. The lowest BCUT2D eigenvalue weighted by Crippen LogP contribution is -2.40. The molecule has 0 saturated carbocycles. The number of hydrogen-bond acceptors (Lipinski definition) is 7. The van der Waals surface area contributed by atoms with Gasteiger partial charge in [-0.15, -0.1) is 0 Å². The number of carbonyl (C=O) groups is 1. The number of halogens is 1. The summed E-state index contributed by atoms with van der Waals surface area (Å²) in [6, 6.07) is 11.2. The predicted molar refractivity (Wildman–Crippen MR) is 136 cm³/mol. The average molecular weight is 513 g/mol. The number of ether oxygens (including phenoxy) is 2. The van der Waals surface area contributed by atoms with Crippen LogP contribution >= 0.6 is 22.9 Å². The first-order valence-electron chi connectivity index (χ1n) is 11.1. The zero-order valence-corrected chi connectivity index (χ0v) is 21.3. The van der Waals surface area contributed by atoms with Gasteiger partial charge in [-0.1, -0.05) is 35.1 Å². The van der Waals surface area contributed by atoms with Crippen LogP contribution in [0.4, 0.5) is 0 Å². The van der Waals surface area contributed by atoms with Crippen LogP contribution < -0.4 is 19.6 Å². The summed E-state index contributed by atoms with van der Waals surface area (Å²) in [6.45, 7) is 7.70. The van der Waals surface area contributed by atoms with Crippen molar-refractivity contribution in [3.63, 3.8) is 0 Å². The van der Waals surface area contributed by atoms with E-state index in [1.165, 1.54) is 22.0 Å². The zero-order chi connectivity index (χ0) is 25.3. The van der Waals surface area contributed by atoms with Crippen LogP contribution in [-0.2, 0) is 9.53 Å². The molecule has 1 aromatic heterocycles. The number of phenolic OH excluding ortho intramolecular Hbond substituents is 1. The molecule has 182 valence electrons. The van der Waals surface area contributed by atoms with Gasteiger partial charge in [0.1, 0.15) is 11.5 Å². The van der Waals surface area contributed by atoms with E-state index in [1.807, 2.05) is 19.1 Å². The molecule has 4 rings (SSSR count). The minimum atomic E-state index is -0.733. The van der Waals surface area contributed by atoms with Gasteiger partial charge in [0.15, 0.2) is 4.80 Å². The number of carbonyl (C=O) groups excluding carboxylic acids is 1. The first kappa shape index (κ1) is 24.8. The van der Waals surface area contributed by atoms with Crippen LogP contribution in [0.15, 0.2) is 63.5 Å². The second-order valence-corrected chi connectivity index (χ2v) is 9.69. The Bertz CT molecular complexity index is 1490. The van der Waals surface area contributed by atoms with Crippen LogP contribution in [0.1, 0.15) is 44.9 Å². The monoisotopic (exact) mass is 512 g/mol. The summed E-state index contributed by atoms with van der Waals surface area (Å²) in [5.74, 6) is 0.162. The van der Waals surface area contributed by atoms with Gasteiger partial charge in [-0.2, -0.15) is 0 Å². The Morgan fingerprint density at radius 3 is 2.63 bits per heavy atom. The van der Waals surface area contributed by atoms with Gasteiger partial charge in [0.2, 0.25) is 0 Å². The molecule has 7 nitrogen and oxygen atoms in total. The van der Waals surface area contributed by atoms with E-state index in [0.29, 0.717) is 43.5 Å². The van der Waals surface area contributed by atoms with Crippen molar-refractivity contribution in [1.82, 2.24) is 4.57 Å². The molecule has 35 heavy (non-hydrogen) atoms. The first-order chi connectivity index (χ1) is 16.7. The van der Waals surface area contributed by atoms with E-state index in [1.54, 1.807) is 51.1 Å². The molecule has 3 aromatic rings. The summed E-state index contributed by atoms with van der Waals surface area (Å²) in [7, 11) is 0. The van der Waals surface area contributed by atoms with Crippen molar-refractivity contribution in [3.8, 4) is 11.5 Å². The fourth-order valence-corrected chi connectivity index (χ4v) is 5.09. The highest BCUT2D eigenvalue weighted by atomic mass is 35.5. The van der Waals surface area contributed by atoms with Crippen LogP contribution in [0.5, 0.6) is 11.5 Å². The van der Waals surface area contributed by atoms with Gasteiger partial charge in [0.25, 0.3) is 5.56 Å². The Hall–Kier alpha value is -3.36. The number of esters is 1. The van der Waals surface area contributed by atoms with E-state index in [9.17, 15) is 14.7 Å². The molecule has 0 bridgehead atoms. The van der Waals surface area contributed by atoms with E-state index < -0.39 is 12.0 Å².